The van der Waals surface area contributed by atoms with Crippen LogP contribution in [0.2, 0.25) is 0 Å². The molecule has 0 aliphatic heterocycles. The van der Waals surface area contributed by atoms with Gasteiger partial charge in [0, 0.05) is 23.5 Å². The molecule has 16 heavy (non-hydrogen) atoms. The van der Waals surface area contributed by atoms with Crippen LogP contribution in [0.15, 0.2) is 0 Å². The van der Waals surface area contributed by atoms with E-state index in [4.69, 9.17) is 0 Å². The topological polar surface area (TPSA) is 41.1 Å². The van der Waals surface area contributed by atoms with Crippen LogP contribution in [0.25, 0.3) is 0 Å². The second-order valence-electron chi connectivity index (χ2n) is 4.31. The highest BCUT2D eigenvalue weighted by molar-refractivity contribution is 5.24. The maximum Gasteiger partial charge on any atom is 0.142 e. The number of aryl methyl sites for hydroxylation is 2. The standard InChI is InChI=1S/C12H22N4/c1-6-13-7-11-9(2)14-12(8-16(4)5)15-10(11)3/h13H,6-8H2,1-5H3. The molecule has 0 amide bonds. The van der Waals surface area contributed by atoms with Gasteiger partial charge in [0.05, 0.1) is 6.54 Å². The first-order chi connectivity index (χ1) is 7.54. The fourth-order valence-electron chi connectivity index (χ4n) is 1.67. The molecule has 0 saturated heterocycles. The Hall–Kier alpha value is -1.00. The predicted octanol–water partition coefficient (Wildman–Crippen LogP) is 1.26. The van der Waals surface area contributed by atoms with Gasteiger partial charge < -0.3 is 10.2 Å². The summed E-state index contributed by atoms with van der Waals surface area (Å²) >= 11 is 0. The molecule has 1 heterocycles. The third kappa shape index (κ3) is 3.54. The van der Waals surface area contributed by atoms with Crippen molar-refractivity contribution < 1.29 is 0 Å². The highest BCUT2D eigenvalue weighted by Crippen LogP contribution is 2.10. The van der Waals surface area contributed by atoms with Crippen molar-refractivity contribution >= 4 is 0 Å². The van der Waals surface area contributed by atoms with Crippen molar-refractivity contribution in [2.75, 3.05) is 20.6 Å². The molecule has 1 aromatic heterocycles. The van der Waals surface area contributed by atoms with Crippen LogP contribution in [0.3, 0.4) is 0 Å². The van der Waals surface area contributed by atoms with Gasteiger partial charge in [-0.05, 0) is 34.5 Å². The molecule has 0 unspecified atom stereocenters. The van der Waals surface area contributed by atoms with Gasteiger partial charge >= 0.3 is 0 Å². The lowest BCUT2D eigenvalue weighted by Gasteiger charge is -2.13. The SMILES string of the molecule is CCNCc1c(C)nc(CN(C)C)nc1C. The maximum absolute atomic E-state index is 4.53. The van der Waals surface area contributed by atoms with E-state index in [0.717, 1.165) is 36.8 Å². The molecule has 0 radical (unpaired) electrons. The molecule has 1 N–H and O–H groups in total. The Kier molecular flexibility index (Phi) is 4.83. The summed E-state index contributed by atoms with van der Waals surface area (Å²) in [5, 5.41) is 3.32. The minimum Gasteiger partial charge on any atom is -0.313 e. The molecule has 0 aromatic carbocycles. The average Bonchev–Trinajstić information content (AvgIpc) is 2.15. The molecule has 0 spiro atoms. The Morgan fingerprint density at radius 1 is 1.12 bits per heavy atom. The zero-order valence-corrected chi connectivity index (χ0v) is 11.0. The predicted molar refractivity (Wildman–Crippen MR) is 66.3 cm³/mol. The molecule has 0 aliphatic carbocycles. The van der Waals surface area contributed by atoms with Crippen molar-refractivity contribution in [3.63, 3.8) is 0 Å². The van der Waals surface area contributed by atoms with Crippen LogP contribution in [0.5, 0.6) is 0 Å². The van der Waals surface area contributed by atoms with Crippen LogP contribution in [0, 0.1) is 13.8 Å². The van der Waals surface area contributed by atoms with Crippen molar-refractivity contribution in [1.82, 2.24) is 20.2 Å². The van der Waals surface area contributed by atoms with Crippen molar-refractivity contribution in [2.45, 2.75) is 33.9 Å². The van der Waals surface area contributed by atoms with Crippen LogP contribution in [-0.2, 0) is 13.1 Å². The quantitative estimate of drug-likeness (QED) is 0.814. The summed E-state index contributed by atoms with van der Waals surface area (Å²) in [4.78, 5) is 11.2. The zero-order valence-electron chi connectivity index (χ0n) is 11.0. The molecule has 4 nitrogen and oxygen atoms in total. The van der Waals surface area contributed by atoms with Crippen molar-refractivity contribution in [3.8, 4) is 0 Å². The average molecular weight is 222 g/mol. The van der Waals surface area contributed by atoms with Gasteiger partial charge in [-0.15, -0.1) is 0 Å². The fourth-order valence-corrected chi connectivity index (χ4v) is 1.67. The highest BCUT2D eigenvalue weighted by atomic mass is 15.1. The van der Waals surface area contributed by atoms with Crippen molar-refractivity contribution in [3.05, 3.63) is 22.8 Å². The molecule has 1 rings (SSSR count). The lowest BCUT2D eigenvalue weighted by Crippen LogP contribution is -2.18. The summed E-state index contributed by atoms with van der Waals surface area (Å²) in [6.07, 6.45) is 0. The summed E-state index contributed by atoms with van der Waals surface area (Å²) < 4.78 is 0. The molecule has 0 fully saturated rings. The molecule has 0 aliphatic rings. The normalized spacial score (nSPS) is 11.1. The van der Waals surface area contributed by atoms with Crippen LogP contribution in [0.4, 0.5) is 0 Å². The van der Waals surface area contributed by atoms with E-state index in [1.165, 1.54) is 5.56 Å². The monoisotopic (exact) mass is 222 g/mol. The molecule has 1 aromatic rings. The van der Waals surface area contributed by atoms with Gasteiger partial charge in [0.1, 0.15) is 5.82 Å². The Labute approximate surface area is 98.1 Å². The summed E-state index contributed by atoms with van der Waals surface area (Å²) in [5.74, 6) is 0.903. The van der Waals surface area contributed by atoms with E-state index in [-0.39, 0.29) is 0 Å². The number of hydrogen-bond donors (Lipinski definition) is 1. The molecule has 4 heteroatoms. The fraction of sp³-hybridized carbons (Fsp3) is 0.667. The van der Waals surface area contributed by atoms with E-state index in [1.807, 2.05) is 14.1 Å². The van der Waals surface area contributed by atoms with E-state index in [1.54, 1.807) is 0 Å². The Balaban J connectivity index is 2.89. The number of nitrogens with zero attached hydrogens (tertiary/aromatic N) is 3. The summed E-state index contributed by atoms with van der Waals surface area (Å²) in [7, 11) is 4.06. The number of nitrogens with one attached hydrogen (secondary N) is 1. The number of hydrogen-bond acceptors (Lipinski definition) is 4. The molecule has 0 atom stereocenters. The zero-order chi connectivity index (χ0) is 12.1. The van der Waals surface area contributed by atoms with Crippen LogP contribution in [-0.4, -0.2) is 35.5 Å². The Morgan fingerprint density at radius 2 is 1.69 bits per heavy atom. The van der Waals surface area contributed by atoms with Gasteiger partial charge in [0.25, 0.3) is 0 Å². The minimum atomic E-state index is 0.795. The minimum absolute atomic E-state index is 0.795. The van der Waals surface area contributed by atoms with E-state index in [2.05, 4.69) is 41.0 Å². The highest BCUT2D eigenvalue weighted by Gasteiger charge is 2.08. The Morgan fingerprint density at radius 3 is 2.12 bits per heavy atom. The molecule has 90 valence electrons. The first kappa shape index (κ1) is 13.1. The number of aromatic nitrogens is 2. The first-order valence-corrected chi connectivity index (χ1v) is 5.73. The molecule has 0 bridgehead atoms. The van der Waals surface area contributed by atoms with Gasteiger partial charge in [-0.3, -0.25) is 0 Å². The molecular weight excluding hydrogens is 200 g/mol. The van der Waals surface area contributed by atoms with Gasteiger partial charge in [-0.2, -0.15) is 0 Å². The van der Waals surface area contributed by atoms with E-state index < -0.39 is 0 Å². The van der Waals surface area contributed by atoms with Gasteiger partial charge in [0.15, 0.2) is 0 Å². The van der Waals surface area contributed by atoms with Crippen molar-refractivity contribution in [1.29, 1.82) is 0 Å². The second kappa shape index (κ2) is 5.92. The van der Waals surface area contributed by atoms with E-state index in [9.17, 15) is 0 Å². The van der Waals surface area contributed by atoms with Crippen LogP contribution < -0.4 is 5.32 Å². The van der Waals surface area contributed by atoms with E-state index >= 15 is 0 Å². The smallest absolute Gasteiger partial charge is 0.142 e. The van der Waals surface area contributed by atoms with E-state index in [0.29, 0.717) is 0 Å². The van der Waals surface area contributed by atoms with Crippen molar-refractivity contribution in [2.24, 2.45) is 0 Å². The summed E-state index contributed by atoms with van der Waals surface area (Å²) in [6, 6.07) is 0. The third-order valence-electron chi connectivity index (χ3n) is 2.48. The van der Waals surface area contributed by atoms with Crippen LogP contribution in [0.1, 0.15) is 29.7 Å². The van der Waals surface area contributed by atoms with Gasteiger partial charge in [-0.1, -0.05) is 6.92 Å². The third-order valence-corrected chi connectivity index (χ3v) is 2.48. The summed E-state index contributed by atoms with van der Waals surface area (Å²) in [5.41, 5.74) is 3.40. The summed E-state index contributed by atoms with van der Waals surface area (Å²) in [6.45, 7) is 8.84. The Bertz CT molecular complexity index is 324. The van der Waals surface area contributed by atoms with Gasteiger partial charge in [-0.25, -0.2) is 9.97 Å². The lowest BCUT2D eigenvalue weighted by atomic mass is 10.1. The lowest BCUT2D eigenvalue weighted by molar-refractivity contribution is 0.389. The second-order valence-corrected chi connectivity index (χ2v) is 4.31. The largest absolute Gasteiger partial charge is 0.313 e. The van der Waals surface area contributed by atoms with Gasteiger partial charge in [0.2, 0.25) is 0 Å². The molecule has 0 saturated carbocycles. The number of rotatable bonds is 5. The van der Waals surface area contributed by atoms with Crippen LogP contribution >= 0.6 is 0 Å². The molecular formula is C12H22N4. The maximum atomic E-state index is 4.53. The first-order valence-electron chi connectivity index (χ1n) is 5.73.